The molecule has 2 aliphatic rings. The Morgan fingerprint density at radius 3 is 2.15 bits per heavy atom. The van der Waals surface area contributed by atoms with Gasteiger partial charge in [0.15, 0.2) is 0 Å². The minimum absolute atomic E-state index is 0.349. The van der Waals surface area contributed by atoms with E-state index in [1.807, 2.05) is 18.7 Å². The number of rotatable bonds is 2. The number of fused-ring (bicyclic) bond motifs is 1. The standard InChI is InChI=1S/C17H19F3N6/c1-10-11(2)21-8-24-16(10)26-6-12-4-25(5-13(12)7-26)15-3-14(17(18,19)20)22-9-23-15/h3,8-9,12-13H,4-7H2,1-2H3. The molecule has 2 fully saturated rings. The number of aryl methyl sites for hydroxylation is 1. The van der Waals surface area contributed by atoms with Crippen molar-refractivity contribution in [3.63, 3.8) is 0 Å². The summed E-state index contributed by atoms with van der Waals surface area (Å²) in [5, 5.41) is 0. The summed E-state index contributed by atoms with van der Waals surface area (Å²) in [6.07, 6.45) is -1.88. The first kappa shape index (κ1) is 17.0. The molecule has 0 radical (unpaired) electrons. The van der Waals surface area contributed by atoms with Crippen LogP contribution in [0.5, 0.6) is 0 Å². The van der Waals surface area contributed by atoms with E-state index in [-0.39, 0.29) is 0 Å². The van der Waals surface area contributed by atoms with E-state index in [1.165, 1.54) is 0 Å². The third kappa shape index (κ3) is 2.95. The van der Waals surface area contributed by atoms with Gasteiger partial charge in [0, 0.05) is 55.3 Å². The van der Waals surface area contributed by atoms with Crippen LogP contribution in [0.4, 0.5) is 24.8 Å². The number of hydrogen-bond donors (Lipinski definition) is 0. The van der Waals surface area contributed by atoms with Crippen molar-refractivity contribution in [2.75, 3.05) is 36.0 Å². The third-order valence-electron chi connectivity index (χ3n) is 5.36. The zero-order chi connectivity index (χ0) is 18.5. The van der Waals surface area contributed by atoms with Gasteiger partial charge in [0.25, 0.3) is 0 Å². The van der Waals surface area contributed by atoms with Gasteiger partial charge in [-0.2, -0.15) is 13.2 Å². The molecule has 4 rings (SSSR count). The molecule has 2 unspecified atom stereocenters. The molecule has 0 amide bonds. The van der Waals surface area contributed by atoms with Gasteiger partial charge in [-0.15, -0.1) is 0 Å². The lowest BCUT2D eigenvalue weighted by Crippen LogP contribution is -2.30. The highest BCUT2D eigenvalue weighted by atomic mass is 19.4. The van der Waals surface area contributed by atoms with Crippen LogP contribution in [0, 0.1) is 25.7 Å². The molecule has 26 heavy (non-hydrogen) atoms. The lowest BCUT2D eigenvalue weighted by atomic mass is 10.0. The highest BCUT2D eigenvalue weighted by molar-refractivity contribution is 5.50. The number of anilines is 2. The van der Waals surface area contributed by atoms with Crippen molar-refractivity contribution >= 4 is 11.6 Å². The zero-order valence-corrected chi connectivity index (χ0v) is 14.5. The van der Waals surface area contributed by atoms with Crippen LogP contribution >= 0.6 is 0 Å². The summed E-state index contributed by atoms with van der Waals surface area (Å²) in [4.78, 5) is 20.2. The molecule has 2 aliphatic heterocycles. The number of alkyl halides is 3. The molecule has 2 aromatic heterocycles. The molecular weight excluding hydrogens is 345 g/mol. The summed E-state index contributed by atoms with van der Waals surface area (Å²) in [7, 11) is 0. The fourth-order valence-corrected chi connectivity index (χ4v) is 3.87. The van der Waals surface area contributed by atoms with Crippen molar-refractivity contribution < 1.29 is 13.2 Å². The molecule has 0 aromatic carbocycles. The predicted octanol–water partition coefficient (Wildman–Crippen LogP) is 2.47. The maximum Gasteiger partial charge on any atom is 0.433 e. The van der Waals surface area contributed by atoms with Gasteiger partial charge >= 0.3 is 6.18 Å². The Balaban J connectivity index is 1.48. The van der Waals surface area contributed by atoms with E-state index in [0.29, 0.717) is 30.7 Å². The second kappa shape index (κ2) is 6.07. The Morgan fingerprint density at radius 1 is 0.885 bits per heavy atom. The van der Waals surface area contributed by atoms with Gasteiger partial charge < -0.3 is 9.80 Å². The summed E-state index contributed by atoms with van der Waals surface area (Å²) < 4.78 is 38.6. The maximum atomic E-state index is 12.9. The first-order chi connectivity index (χ1) is 12.3. The Kier molecular flexibility index (Phi) is 3.96. The Bertz CT molecular complexity index is 810. The van der Waals surface area contributed by atoms with Gasteiger partial charge in [0.1, 0.15) is 30.0 Å². The fourth-order valence-electron chi connectivity index (χ4n) is 3.87. The largest absolute Gasteiger partial charge is 0.433 e. The van der Waals surface area contributed by atoms with Crippen LogP contribution in [0.2, 0.25) is 0 Å². The molecule has 6 nitrogen and oxygen atoms in total. The van der Waals surface area contributed by atoms with Crippen LogP contribution in [-0.2, 0) is 6.18 Å². The number of aromatic nitrogens is 4. The molecular formula is C17H19F3N6. The quantitative estimate of drug-likeness (QED) is 0.816. The molecule has 9 heteroatoms. The molecule has 2 saturated heterocycles. The van der Waals surface area contributed by atoms with Crippen LogP contribution in [0.3, 0.4) is 0 Å². The molecule has 2 atom stereocenters. The van der Waals surface area contributed by atoms with Crippen LogP contribution in [0.25, 0.3) is 0 Å². The highest BCUT2D eigenvalue weighted by Gasteiger charge is 2.42. The minimum atomic E-state index is -4.45. The average Bonchev–Trinajstić information content (AvgIpc) is 3.15. The van der Waals surface area contributed by atoms with Gasteiger partial charge in [-0.1, -0.05) is 0 Å². The number of nitrogens with zero attached hydrogens (tertiary/aromatic N) is 6. The van der Waals surface area contributed by atoms with Crippen molar-refractivity contribution in [3.8, 4) is 0 Å². The van der Waals surface area contributed by atoms with Gasteiger partial charge in [-0.05, 0) is 13.8 Å². The number of hydrogen-bond acceptors (Lipinski definition) is 6. The zero-order valence-electron chi connectivity index (χ0n) is 14.5. The smallest absolute Gasteiger partial charge is 0.356 e. The summed E-state index contributed by atoms with van der Waals surface area (Å²) in [5.74, 6) is 2.07. The Hall–Kier alpha value is -2.45. The second-order valence-electron chi connectivity index (χ2n) is 7.00. The van der Waals surface area contributed by atoms with Gasteiger partial charge in [0.05, 0.1) is 0 Å². The molecule has 0 spiro atoms. The molecule has 4 heterocycles. The molecule has 0 N–H and O–H groups in total. The van der Waals surface area contributed by atoms with E-state index in [9.17, 15) is 13.2 Å². The molecule has 138 valence electrons. The summed E-state index contributed by atoms with van der Waals surface area (Å²) >= 11 is 0. The normalized spacial score (nSPS) is 22.8. The molecule has 0 saturated carbocycles. The predicted molar refractivity (Wildman–Crippen MR) is 89.9 cm³/mol. The number of halogens is 3. The minimum Gasteiger partial charge on any atom is -0.356 e. The van der Waals surface area contributed by atoms with Crippen molar-refractivity contribution in [1.29, 1.82) is 0 Å². The van der Waals surface area contributed by atoms with Gasteiger partial charge in [-0.25, -0.2) is 19.9 Å². The lowest BCUT2D eigenvalue weighted by Gasteiger charge is -2.24. The summed E-state index contributed by atoms with van der Waals surface area (Å²) in [5.41, 5.74) is 1.15. The highest BCUT2D eigenvalue weighted by Crippen LogP contribution is 2.37. The average molecular weight is 364 g/mol. The maximum absolute atomic E-state index is 12.9. The first-order valence-corrected chi connectivity index (χ1v) is 8.50. The second-order valence-corrected chi connectivity index (χ2v) is 7.00. The summed E-state index contributed by atoms with van der Waals surface area (Å²) in [6, 6.07) is 1.04. The topological polar surface area (TPSA) is 58.0 Å². The van der Waals surface area contributed by atoms with Crippen molar-refractivity contribution in [1.82, 2.24) is 19.9 Å². The monoisotopic (exact) mass is 364 g/mol. The van der Waals surface area contributed by atoms with Crippen LogP contribution < -0.4 is 9.80 Å². The van der Waals surface area contributed by atoms with E-state index in [2.05, 4.69) is 24.8 Å². The van der Waals surface area contributed by atoms with E-state index in [0.717, 1.165) is 42.6 Å². The van der Waals surface area contributed by atoms with Crippen molar-refractivity contribution in [3.05, 3.63) is 35.7 Å². The van der Waals surface area contributed by atoms with Crippen LogP contribution in [0.15, 0.2) is 18.7 Å². The van der Waals surface area contributed by atoms with Gasteiger partial charge in [0.2, 0.25) is 0 Å². The van der Waals surface area contributed by atoms with Crippen molar-refractivity contribution in [2.24, 2.45) is 11.8 Å². The van der Waals surface area contributed by atoms with E-state index in [4.69, 9.17) is 0 Å². The van der Waals surface area contributed by atoms with E-state index >= 15 is 0 Å². The van der Waals surface area contributed by atoms with E-state index < -0.39 is 11.9 Å². The third-order valence-corrected chi connectivity index (χ3v) is 5.36. The summed E-state index contributed by atoms with van der Waals surface area (Å²) in [6.45, 7) is 7.06. The van der Waals surface area contributed by atoms with Gasteiger partial charge in [-0.3, -0.25) is 0 Å². The SMILES string of the molecule is Cc1ncnc(N2CC3CN(c4cc(C(F)(F)F)ncn4)CC3C2)c1C. The van der Waals surface area contributed by atoms with Crippen LogP contribution in [-0.4, -0.2) is 46.1 Å². The molecule has 0 aliphatic carbocycles. The fraction of sp³-hybridized carbons (Fsp3) is 0.529. The van der Waals surface area contributed by atoms with Crippen LogP contribution in [0.1, 0.15) is 17.0 Å². The Morgan fingerprint density at radius 2 is 1.50 bits per heavy atom. The molecule has 2 aromatic rings. The Labute approximate surface area is 149 Å². The first-order valence-electron chi connectivity index (χ1n) is 8.50. The van der Waals surface area contributed by atoms with Crippen molar-refractivity contribution in [2.45, 2.75) is 20.0 Å². The molecule has 0 bridgehead atoms. The lowest BCUT2D eigenvalue weighted by molar-refractivity contribution is -0.141. The van der Waals surface area contributed by atoms with E-state index in [1.54, 1.807) is 6.33 Å².